The molecular formula is C18H13F4N3O2. The van der Waals surface area contributed by atoms with Crippen molar-refractivity contribution in [2.75, 3.05) is 0 Å². The fourth-order valence-electron chi connectivity index (χ4n) is 2.33. The molecule has 140 valence electrons. The van der Waals surface area contributed by atoms with Crippen LogP contribution >= 0.6 is 0 Å². The molecule has 1 unspecified atom stereocenters. The summed E-state index contributed by atoms with van der Waals surface area (Å²) < 4.78 is 56.7. The number of nitrogens with one attached hydrogen (secondary N) is 1. The lowest BCUT2D eigenvalue weighted by atomic mass is 10.1. The molecule has 0 saturated carbocycles. The van der Waals surface area contributed by atoms with E-state index in [0.717, 1.165) is 18.2 Å². The fraction of sp³-hybridized carbons (Fsp3) is 0.167. The third kappa shape index (κ3) is 4.30. The first-order chi connectivity index (χ1) is 12.7. The Morgan fingerprint density at radius 2 is 1.89 bits per heavy atom. The predicted octanol–water partition coefficient (Wildman–Crippen LogP) is 4.39. The maximum Gasteiger partial charge on any atom is 0.416 e. The number of hydrogen-bond acceptors (Lipinski definition) is 4. The van der Waals surface area contributed by atoms with Crippen LogP contribution in [0.1, 0.15) is 34.8 Å². The highest BCUT2D eigenvalue weighted by Gasteiger charge is 2.31. The van der Waals surface area contributed by atoms with Crippen molar-refractivity contribution >= 4 is 5.91 Å². The summed E-state index contributed by atoms with van der Waals surface area (Å²) in [5.41, 5.74) is -0.596. The molecule has 0 radical (unpaired) electrons. The molecular weight excluding hydrogens is 366 g/mol. The van der Waals surface area contributed by atoms with Crippen LogP contribution in [0, 0.1) is 5.82 Å². The molecule has 0 aliphatic carbocycles. The van der Waals surface area contributed by atoms with E-state index >= 15 is 0 Å². The summed E-state index contributed by atoms with van der Waals surface area (Å²) in [4.78, 5) is 16.2. The zero-order valence-corrected chi connectivity index (χ0v) is 13.9. The van der Waals surface area contributed by atoms with Crippen molar-refractivity contribution in [3.05, 3.63) is 71.4 Å². The second-order valence-electron chi connectivity index (χ2n) is 5.74. The molecule has 1 heterocycles. The van der Waals surface area contributed by atoms with Gasteiger partial charge in [0.2, 0.25) is 11.7 Å². The Morgan fingerprint density at radius 1 is 1.15 bits per heavy atom. The quantitative estimate of drug-likeness (QED) is 0.683. The molecule has 1 aromatic heterocycles. The number of nitrogens with zero attached hydrogens (tertiary/aromatic N) is 2. The van der Waals surface area contributed by atoms with Crippen LogP contribution in [-0.4, -0.2) is 16.0 Å². The minimum absolute atomic E-state index is 0.00663. The zero-order valence-electron chi connectivity index (χ0n) is 13.9. The molecule has 0 spiro atoms. The van der Waals surface area contributed by atoms with Gasteiger partial charge in [-0.1, -0.05) is 23.4 Å². The van der Waals surface area contributed by atoms with Gasteiger partial charge in [-0.3, -0.25) is 4.79 Å². The van der Waals surface area contributed by atoms with Crippen molar-refractivity contribution < 1.29 is 26.9 Å². The molecule has 5 nitrogen and oxygen atoms in total. The van der Waals surface area contributed by atoms with Crippen molar-refractivity contribution in [3.8, 4) is 11.4 Å². The molecule has 1 amide bonds. The Kier molecular flexibility index (Phi) is 4.93. The van der Waals surface area contributed by atoms with Crippen LogP contribution in [0.4, 0.5) is 17.6 Å². The van der Waals surface area contributed by atoms with Crippen LogP contribution < -0.4 is 5.32 Å². The van der Waals surface area contributed by atoms with Crippen molar-refractivity contribution in [3.63, 3.8) is 0 Å². The molecule has 3 aromatic rings. The fourth-order valence-corrected chi connectivity index (χ4v) is 2.33. The summed E-state index contributed by atoms with van der Waals surface area (Å²) in [5, 5.41) is 6.22. The number of benzene rings is 2. The highest BCUT2D eigenvalue weighted by Crippen LogP contribution is 2.31. The monoisotopic (exact) mass is 379 g/mol. The third-order valence-electron chi connectivity index (χ3n) is 3.69. The Labute approximate surface area is 151 Å². The summed E-state index contributed by atoms with van der Waals surface area (Å²) >= 11 is 0. The third-order valence-corrected chi connectivity index (χ3v) is 3.69. The molecule has 27 heavy (non-hydrogen) atoms. The number of carbonyl (C=O) groups is 1. The highest BCUT2D eigenvalue weighted by molar-refractivity contribution is 5.94. The van der Waals surface area contributed by atoms with E-state index in [1.165, 1.54) is 30.3 Å². The Bertz CT molecular complexity index is 969. The first kappa shape index (κ1) is 18.6. The zero-order chi connectivity index (χ0) is 19.6. The van der Waals surface area contributed by atoms with E-state index in [-0.39, 0.29) is 22.8 Å². The Balaban J connectivity index is 1.76. The van der Waals surface area contributed by atoms with Crippen LogP contribution in [-0.2, 0) is 6.18 Å². The average Bonchev–Trinajstić information content (AvgIpc) is 3.11. The Hall–Kier alpha value is -3.23. The van der Waals surface area contributed by atoms with Crippen molar-refractivity contribution in [2.24, 2.45) is 0 Å². The first-order valence-corrected chi connectivity index (χ1v) is 7.82. The summed E-state index contributed by atoms with van der Waals surface area (Å²) in [5.74, 6) is -1.14. The van der Waals surface area contributed by atoms with Gasteiger partial charge in [0.05, 0.1) is 5.56 Å². The van der Waals surface area contributed by atoms with Gasteiger partial charge < -0.3 is 9.84 Å². The first-order valence-electron chi connectivity index (χ1n) is 7.82. The van der Waals surface area contributed by atoms with Gasteiger partial charge in [-0.2, -0.15) is 18.2 Å². The number of aromatic nitrogens is 2. The van der Waals surface area contributed by atoms with Gasteiger partial charge in [0.25, 0.3) is 5.91 Å². The van der Waals surface area contributed by atoms with Gasteiger partial charge in [-0.15, -0.1) is 0 Å². The molecule has 0 saturated heterocycles. The molecule has 1 atom stereocenters. The molecule has 0 aliphatic rings. The summed E-state index contributed by atoms with van der Waals surface area (Å²) in [6.07, 6.45) is -4.49. The summed E-state index contributed by atoms with van der Waals surface area (Å²) in [6.45, 7) is 1.56. The lowest BCUT2D eigenvalue weighted by molar-refractivity contribution is -0.137. The molecule has 9 heteroatoms. The molecule has 0 aliphatic heterocycles. The minimum Gasteiger partial charge on any atom is -0.341 e. The second-order valence-corrected chi connectivity index (χ2v) is 5.74. The summed E-state index contributed by atoms with van der Waals surface area (Å²) in [7, 11) is 0. The Morgan fingerprint density at radius 3 is 2.59 bits per heavy atom. The lowest BCUT2D eigenvalue weighted by Gasteiger charge is -2.09. The van der Waals surface area contributed by atoms with Crippen LogP contribution in [0.3, 0.4) is 0 Å². The van der Waals surface area contributed by atoms with E-state index in [1.54, 1.807) is 6.92 Å². The van der Waals surface area contributed by atoms with E-state index in [2.05, 4.69) is 15.5 Å². The van der Waals surface area contributed by atoms with Gasteiger partial charge in [0.15, 0.2) is 0 Å². The van der Waals surface area contributed by atoms with E-state index in [0.29, 0.717) is 0 Å². The van der Waals surface area contributed by atoms with Crippen molar-refractivity contribution in [1.82, 2.24) is 15.5 Å². The van der Waals surface area contributed by atoms with Gasteiger partial charge in [-0.25, -0.2) is 4.39 Å². The number of halogens is 4. The highest BCUT2D eigenvalue weighted by atomic mass is 19.4. The van der Waals surface area contributed by atoms with Gasteiger partial charge >= 0.3 is 6.18 Å². The van der Waals surface area contributed by atoms with Crippen LogP contribution in [0.2, 0.25) is 0 Å². The normalized spacial score (nSPS) is 12.6. The number of amides is 1. The SMILES string of the molecule is CC(NC(=O)c1cccc(F)c1)c1nc(-c2cccc(C(F)(F)F)c2)no1. The van der Waals surface area contributed by atoms with Crippen molar-refractivity contribution in [2.45, 2.75) is 19.1 Å². The number of rotatable bonds is 4. The molecule has 0 fully saturated rings. The van der Waals surface area contributed by atoms with E-state index in [1.807, 2.05) is 0 Å². The number of alkyl halides is 3. The minimum atomic E-state index is -4.49. The number of carbonyl (C=O) groups excluding carboxylic acids is 1. The van der Waals surface area contributed by atoms with Gasteiger partial charge in [0.1, 0.15) is 11.9 Å². The van der Waals surface area contributed by atoms with Crippen LogP contribution in [0.15, 0.2) is 53.1 Å². The van der Waals surface area contributed by atoms with Crippen molar-refractivity contribution in [1.29, 1.82) is 0 Å². The molecule has 0 bridgehead atoms. The molecule has 2 aromatic carbocycles. The smallest absolute Gasteiger partial charge is 0.341 e. The predicted molar refractivity (Wildman–Crippen MR) is 87.0 cm³/mol. The van der Waals surface area contributed by atoms with Gasteiger partial charge in [-0.05, 0) is 37.3 Å². The van der Waals surface area contributed by atoms with Crippen LogP contribution in [0.25, 0.3) is 11.4 Å². The lowest BCUT2D eigenvalue weighted by Crippen LogP contribution is -2.26. The maximum absolute atomic E-state index is 13.2. The van der Waals surface area contributed by atoms with E-state index in [4.69, 9.17) is 4.52 Å². The van der Waals surface area contributed by atoms with E-state index < -0.39 is 29.5 Å². The number of hydrogen-bond donors (Lipinski definition) is 1. The maximum atomic E-state index is 13.2. The second kappa shape index (κ2) is 7.18. The standard InChI is InChI=1S/C18H13F4N3O2/c1-10(23-16(26)12-5-3-7-14(19)9-12)17-24-15(25-27-17)11-4-2-6-13(8-11)18(20,21)22/h2-10H,1H3,(H,23,26). The summed E-state index contributed by atoms with van der Waals surface area (Å²) in [6, 6.07) is 8.89. The van der Waals surface area contributed by atoms with E-state index in [9.17, 15) is 22.4 Å². The molecule has 1 N–H and O–H groups in total. The molecule has 3 rings (SSSR count). The largest absolute Gasteiger partial charge is 0.416 e. The van der Waals surface area contributed by atoms with Crippen LogP contribution in [0.5, 0.6) is 0 Å². The average molecular weight is 379 g/mol. The van der Waals surface area contributed by atoms with Gasteiger partial charge in [0, 0.05) is 11.1 Å². The topological polar surface area (TPSA) is 68.0 Å².